The van der Waals surface area contributed by atoms with Gasteiger partial charge in [-0.05, 0) is 29.8 Å². The number of halogens is 2. The first kappa shape index (κ1) is 15.2. The van der Waals surface area contributed by atoms with Crippen molar-refractivity contribution in [3.8, 4) is 11.5 Å². The predicted molar refractivity (Wildman–Crippen MR) is 84.7 cm³/mol. The van der Waals surface area contributed by atoms with E-state index < -0.39 is 0 Å². The molecule has 0 saturated carbocycles. The monoisotopic (exact) mass is 355 g/mol. The predicted octanol–water partition coefficient (Wildman–Crippen LogP) is 4.17. The van der Waals surface area contributed by atoms with Crippen molar-refractivity contribution in [1.29, 1.82) is 0 Å². The maximum Gasteiger partial charge on any atom is 0.127 e. The molecule has 3 nitrogen and oxygen atoms in total. The zero-order chi connectivity index (χ0) is 14.7. The van der Waals surface area contributed by atoms with Crippen molar-refractivity contribution >= 4 is 27.5 Å². The van der Waals surface area contributed by atoms with Gasteiger partial charge in [-0.2, -0.15) is 0 Å². The summed E-state index contributed by atoms with van der Waals surface area (Å²) in [6, 6.07) is 10.8. The Bertz CT molecular complexity index is 619. The third-order valence-corrected chi connectivity index (χ3v) is 3.89. The summed E-state index contributed by atoms with van der Waals surface area (Å²) in [5, 5.41) is 0.616. The number of hydrogen-bond acceptors (Lipinski definition) is 3. The molecular formula is C15H15BrClNO2. The standard InChI is InChI=1S/C15H15BrClNO2/c1-19-10-4-6-12(14(8-10)20-2)15(18)11-5-3-9(16)7-13(11)17/h3-8,15H,18H2,1-2H3. The fraction of sp³-hybridized carbons (Fsp3) is 0.200. The minimum Gasteiger partial charge on any atom is -0.497 e. The van der Waals surface area contributed by atoms with Crippen LogP contribution in [0.3, 0.4) is 0 Å². The summed E-state index contributed by atoms with van der Waals surface area (Å²) < 4.78 is 11.5. The number of hydrogen-bond donors (Lipinski definition) is 1. The van der Waals surface area contributed by atoms with E-state index in [1.807, 2.05) is 36.4 Å². The Morgan fingerprint density at radius 3 is 2.35 bits per heavy atom. The number of methoxy groups -OCH3 is 2. The summed E-state index contributed by atoms with van der Waals surface area (Å²) in [5.74, 6) is 1.40. The van der Waals surface area contributed by atoms with Crippen LogP contribution in [0.25, 0.3) is 0 Å². The van der Waals surface area contributed by atoms with Crippen LogP contribution in [0, 0.1) is 0 Å². The van der Waals surface area contributed by atoms with Crippen LogP contribution in [0.4, 0.5) is 0 Å². The molecule has 106 valence electrons. The number of ether oxygens (including phenoxy) is 2. The molecule has 1 unspecified atom stereocenters. The number of nitrogens with two attached hydrogens (primary N) is 1. The summed E-state index contributed by atoms with van der Waals surface area (Å²) in [6.07, 6.45) is 0. The van der Waals surface area contributed by atoms with E-state index in [2.05, 4.69) is 15.9 Å². The third kappa shape index (κ3) is 3.08. The highest BCUT2D eigenvalue weighted by Crippen LogP contribution is 2.35. The van der Waals surface area contributed by atoms with E-state index in [-0.39, 0.29) is 6.04 Å². The molecule has 5 heteroatoms. The van der Waals surface area contributed by atoms with Gasteiger partial charge in [-0.1, -0.05) is 33.6 Å². The van der Waals surface area contributed by atoms with Crippen molar-refractivity contribution < 1.29 is 9.47 Å². The van der Waals surface area contributed by atoms with Crippen LogP contribution in [0.1, 0.15) is 17.2 Å². The average molecular weight is 357 g/mol. The molecule has 0 aliphatic carbocycles. The molecule has 0 aliphatic rings. The van der Waals surface area contributed by atoms with Gasteiger partial charge in [0.15, 0.2) is 0 Å². The first-order chi connectivity index (χ1) is 9.56. The average Bonchev–Trinajstić information content (AvgIpc) is 2.46. The molecule has 0 amide bonds. The van der Waals surface area contributed by atoms with Gasteiger partial charge >= 0.3 is 0 Å². The molecule has 2 rings (SSSR count). The van der Waals surface area contributed by atoms with Crippen LogP contribution in [0.5, 0.6) is 11.5 Å². The van der Waals surface area contributed by atoms with Crippen molar-refractivity contribution in [3.05, 3.63) is 57.0 Å². The van der Waals surface area contributed by atoms with Crippen molar-refractivity contribution in [3.63, 3.8) is 0 Å². The van der Waals surface area contributed by atoms with Crippen molar-refractivity contribution in [1.82, 2.24) is 0 Å². The van der Waals surface area contributed by atoms with Gasteiger partial charge in [0.05, 0.1) is 20.3 Å². The largest absolute Gasteiger partial charge is 0.497 e. The van der Waals surface area contributed by atoms with Crippen LogP contribution in [-0.4, -0.2) is 14.2 Å². The van der Waals surface area contributed by atoms with Crippen LogP contribution in [0.2, 0.25) is 5.02 Å². The fourth-order valence-corrected chi connectivity index (χ4v) is 2.79. The fourth-order valence-electron chi connectivity index (χ4n) is 2.00. The summed E-state index contributed by atoms with van der Waals surface area (Å²) in [5.41, 5.74) is 8.02. The van der Waals surface area contributed by atoms with E-state index in [0.717, 1.165) is 21.3 Å². The molecule has 0 saturated heterocycles. The smallest absolute Gasteiger partial charge is 0.127 e. The topological polar surface area (TPSA) is 44.5 Å². The van der Waals surface area contributed by atoms with E-state index in [0.29, 0.717) is 10.8 Å². The SMILES string of the molecule is COc1ccc(C(N)c2ccc(Br)cc2Cl)c(OC)c1. The second-order valence-electron chi connectivity index (χ2n) is 4.25. The summed E-state index contributed by atoms with van der Waals surface area (Å²) in [7, 11) is 3.22. The summed E-state index contributed by atoms with van der Waals surface area (Å²) >= 11 is 9.64. The Morgan fingerprint density at radius 2 is 1.75 bits per heavy atom. The van der Waals surface area contributed by atoms with E-state index in [9.17, 15) is 0 Å². The Balaban J connectivity index is 2.44. The van der Waals surface area contributed by atoms with E-state index >= 15 is 0 Å². The Kier molecular flexibility index (Phi) is 4.91. The molecule has 0 aliphatic heterocycles. The van der Waals surface area contributed by atoms with Gasteiger partial charge in [-0.3, -0.25) is 0 Å². The molecule has 0 heterocycles. The highest BCUT2D eigenvalue weighted by molar-refractivity contribution is 9.10. The zero-order valence-corrected chi connectivity index (χ0v) is 13.5. The van der Waals surface area contributed by atoms with Crippen LogP contribution >= 0.6 is 27.5 Å². The number of rotatable bonds is 4. The maximum absolute atomic E-state index is 6.31. The lowest BCUT2D eigenvalue weighted by atomic mass is 9.98. The van der Waals surface area contributed by atoms with Crippen LogP contribution < -0.4 is 15.2 Å². The van der Waals surface area contributed by atoms with Gasteiger partial charge in [0.25, 0.3) is 0 Å². The second kappa shape index (κ2) is 6.48. The van der Waals surface area contributed by atoms with Gasteiger partial charge in [-0.15, -0.1) is 0 Å². The Labute approximate surface area is 131 Å². The lowest BCUT2D eigenvalue weighted by molar-refractivity contribution is 0.390. The van der Waals surface area contributed by atoms with Crippen molar-refractivity contribution in [2.75, 3.05) is 14.2 Å². The van der Waals surface area contributed by atoms with Gasteiger partial charge < -0.3 is 15.2 Å². The molecular weight excluding hydrogens is 342 g/mol. The van der Waals surface area contributed by atoms with E-state index in [4.69, 9.17) is 26.8 Å². The van der Waals surface area contributed by atoms with Gasteiger partial charge in [0.2, 0.25) is 0 Å². The molecule has 1 atom stereocenters. The zero-order valence-electron chi connectivity index (χ0n) is 11.2. The third-order valence-electron chi connectivity index (χ3n) is 3.07. The summed E-state index contributed by atoms with van der Waals surface area (Å²) in [4.78, 5) is 0. The maximum atomic E-state index is 6.31. The van der Waals surface area contributed by atoms with E-state index in [1.165, 1.54) is 0 Å². The Hall–Kier alpha value is -1.23. The molecule has 0 spiro atoms. The van der Waals surface area contributed by atoms with Crippen molar-refractivity contribution in [2.24, 2.45) is 5.73 Å². The molecule has 0 fully saturated rings. The number of benzene rings is 2. The second-order valence-corrected chi connectivity index (χ2v) is 5.57. The van der Waals surface area contributed by atoms with Crippen molar-refractivity contribution in [2.45, 2.75) is 6.04 Å². The van der Waals surface area contributed by atoms with Gasteiger partial charge in [-0.25, -0.2) is 0 Å². The van der Waals surface area contributed by atoms with Gasteiger partial charge in [0.1, 0.15) is 11.5 Å². The first-order valence-electron chi connectivity index (χ1n) is 5.99. The highest BCUT2D eigenvalue weighted by Gasteiger charge is 2.17. The van der Waals surface area contributed by atoms with E-state index in [1.54, 1.807) is 14.2 Å². The Morgan fingerprint density at radius 1 is 1.05 bits per heavy atom. The minimum absolute atomic E-state index is 0.364. The molecule has 2 N–H and O–H groups in total. The molecule has 0 radical (unpaired) electrons. The highest BCUT2D eigenvalue weighted by atomic mass is 79.9. The molecule has 2 aromatic carbocycles. The summed E-state index contributed by atoms with van der Waals surface area (Å²) in [6.45, 7) is 0. The lowest BCUT2D eigenvalue weighted by Gasteiger charge is -2.18. The van der Waals surface area contributed by atoms with Crippen LogP contribution in [-0.2, 0) is 0 Å². The normalized spacial score (nSPS) is 12.1. The van der Waals surface area contributed by atoms with Crippen LogP contribution in [0.15, 0.2) is 40.9 Å². The molecule has 0 bridgehead atoms. The minimum atomic E-state index is -0.364. The quantitative estimate of drug-likeness (QED) is 0.894. The molecule has 20 heavy (non-hydrogen) atoms. The van der Waals surface area contributed by atoms with Gasteiger partial charge in [0, 0.05) is 21.1 Å². The molecule has 0 aromatic heterocycles. The lowest BCUT2D eigenvalue weighted by Crippen LogP contribution is -2.13. The molecule has 2 aromatic rings. The first-order valence-corrected chi connectivity index (χ1v) is 7.16.